The fourth-order valence-electron chi connectivity index (χ4n) is 1.87. The first-order valence-electron chi connectivity index (χ1n) is 6.72. The summed E-state index contributed by atoms with van der Waals surface area (Å²) in [5, 5.41) is 10.1. The van der Waals surface area contributed by atoms with Crippen molar-refractivity contribution < 1.29 is 14.6 Å². The van der Waals surface area contributed by atoms with Crippen molar-refractivity contribution in [2.75, 3.05) is 7.11 Å². The number of carbonyl (C=O) groups is 1. The molecule has 0 aromatic heterocycles. The molecule has 2 aromatic rings. The van der Waals surface area contributed by atoms with Crippen LogP contribution in [0.15, 0.2) is 54.6 Å². The van der Waals surface area contributed by atoms with Gasteiger partial charge < -0.3 is 9.84 Å². The molecular weight excluding hydrogens is 335 g/mol. The summed E-state index contributed by atoms with van der Waals surface area (Å²) in [6, 6.07) is 10.2. The Kier molecular flexibility index (Phi) is 5.85. The highest BCUT2D eigenvalue weighted by Crippen LogP contribution is 2.31. The van der Waals surface area contributed by atoms with Gasteiger partial charge in [-0.05, 0) is 35.9 Å². The van der Waals surface area contributed by atoms with Gasteiger partial charge in [0.1, 0.15) is 11.5 Å². The van der Waals surface area contributed by atoms with Crippen LogP contribution in [0.3, 0.4) is 0 Å². The number of ketones is 1. The van der Waals surface area contributed by atoms with Gasteiger partial charge in [-0.3, -0.25) is 4.79 Å². The van der Waals surface area contributed by atoms with E-state index in [1.54, 1.807) is 19.3 Å². The van der Waals surface area contributed by atoms with E-state index in [9.17, 15) is 9.90 Å². The lowest BCUT2D eigenvalue weighted by molar-refractivity contribution is 0.104. The smallest absolute Gasteiger partial charge is 0.189 e. The van der Waals surface area contributed by atoms with Crippen molar-refractivity contribution in [3.05, 3.63) is 75.8 Å². The van der Waals surface area contributed by atoms with Crippen LogP contribution in [0, 0.1) is 0 Å². The molecule has 2 rings (SSSR count). The van der Waals surface area contributed by atoms with E-state index in [1.165, 1.54) is 18.2 Å². The van der Waals surface area contributed by atoms with Gasteiger partial charge in [-0.1, -0.05) is 53.6 Å². The number of hydrogen-bond donors (Lipinski definition) is 1. The monoisotopic (exact) mass is 348 g/mol. The number of methoxy groups -OCH3 is 1. The van der Waals surface area contributed by atoms with Crippen LogP contribution in [-0.2, 0) is 0 Å². The molecule has 0 aliphatic heterocycles. The highest BCUT2D eigenvalue weighted by Gasteiger charge is 2.12. The zero-order valence-corrected chi connectivity index (χ0v) is 13.8. The molecule has 0 bridgehead atoms. The van der Waals surface area contributed by atoms with Gasteiger partial charge in [0.25, 0.3) is 0 Å². The summed E-state index contributed by atoms with van der Waals surface area (Å²) in [6.07, 6.45) is 6.49. The molecule has 2 aromatic carbocycles. The molecule has 23 heavy (non-hydrogen) atoms. The molecular formula is C18H14Cl2O3. The first kappa shape index (κ1) is 17.1. The standard InChI is InChI=1S/C18H14Cl2O3/c1-23-14-8-6-12(7-9-14)4-2-3-5-17(21)15-10-13(19)11-16(20)18(15)22/h2-11,22H,1H3/b4-2+,5-3+. The van der Waals surface area contributed by atoms with Crippen LogP contribution in [0.2, 0.25) is 10.0 Å². The van der Waals surface area contributed by atoms with E-state index in [0.717, 1.165) is 11.3 Å². The summed E-state index contributed by atoms with van der Waals surface area (Å²) in [5.41, 5.74) is 1.04. The van der Waals surface area contributed by atoms with Gasteiger partial charge >= 0.3 is 0 Å². The summed E-state index contributed by atoms with van der Waals surface area (Å²) in [4.78, 5) is 12.1. The van der Waals surface area contributed by atoms with Crippen molar-refractivity contribution in [1.29, 1.82) is 0 Å². The average Bonchev–Trinajstić information content (AvgIpc) is 2.55. The number of rotatable bonds is 5. The van der Waals surface area contributed by atoms with Crippen LogP contribution in [-0.4, -0.2) is 18.0 Å². The van der Waals surface area contributed by atoms with Gasteiger partial charge in [0.15, 0.2) is 5.78 Å². The minimum Gasteiger partial charge on any atom is -0.506 e. The molecule has 1 N–H and O–H groups in total. The summed E-state index contributed by atoms with van der Waals surface area (Å²) in [5.74, 6) is 0.123. The Morgan fingerprint density at radius 1 is 1.13 bits per heavy atom. The average molecular weight is 349 g/mol. The summed E-state index contributed by atoms with van der Waals surface area (Å²) in [7, 11) is 1.61. The number of carbonyl (C=O) groups excluding carboxylic acids is 1. The predicted molar refractivity (Wildman–Crippen MR) is 93.6 cm³/mol. The normalized spacial score (nSPS) is 11.3. The lowest BCUT2D eigenvalue weighted by Crippen LogP contribution is -1.95. The molecule has 0 unspecified atom stereocenters. The van der Waals surface area contributed by atoms with Crippen LogP contribution in [0.1, 0.15) is 15.9 Å². The number of phenols is 1. The number of phenolic OH excluding ortho intramolecular Hbond substituents is 1. The first-order valence-corrected chi connectivity index (χ1v) is 7.48. The Labute approximate surface area is 144 Å². The Bertz CT molecular complexity index is 763. The lowest BCUT2D eigenvalue weighted by Gasteiger charge is -2.03. The van der Waals surface area contributed by atoms with E-state index >= 15 is 0 Å². The number of benzene rings is 2. The molecule has 0 aliphatic carbocycles. The zero-order valence-electron chi connectivity index (χ0n) is 12.3. The quantitative estimate of drug-likeness (QED) is 0.461. The fraction of sp³-hybridized carbons (Fsp3) is 0.0556. The van der Waals surface area contributed by atoms with E-state index in [1.807, 2.05) is 30.3 Å². The number of halogens is 2. The lowest BCUT2D eigenvalue weighted by atomic mass is 10.1. The number of ether oxygens (including phenoxy) is 1. The molecule has 0 aliphatic rings. The van der Waals surface area contributed by atoms with Gasteiger partial charge in [0.2, 0.25) is 0 Å². The maximum absolute atomic E-state index is 12.1. The fourth-order valence-corrected chi connectivity index (χ4v) is 2.36. The maximum atomic E-state index is 12.1. The highest BCUT2D eigenvalue weighted by molar-refractivity contribution is 6.36. The van der Waals surface area contributed by atoms with Crippen molar-refractivity contribution in [3.63, 3.8) is 0 Å². The second-order valence-corrected chi connectivity index (χ2v) is 5.48. The van der Waals surface area contributed by atoms with Crippen molar-refractivity contribution in [2.45, 2.75) is 0 Å². The van der Waals surface area contributed by atoms with Crippen LogP contribution in [0.5, 0.6) is 11.5 Å². The van der Waals surface area contributed by atoms with E-state index < -0.39 is 0 Å². The third-order valence-corrected chi connectivity index (χ3v) is 3.56. The van der Waals surface area contributed by atoms with E-state index in [0.29, 0.717) is 5.02 Å². The number of hydrogen-bond acceptors (Lipinski definition) is 3. The largest absolute Gasteiger partial charge is 0.506 e. The molecule has 0 saturated heterocycles. The van der Waals surface area contributed by atoms with Crippen molar-refractivity contribution >= 4 is 35.1 Å². The Balaban J connectivity index is 2.08. The van der Waals surface area contributed by atoms with Gasteiger partial charge in [0, 0.05) is 5.02 Å². The molecule has 118 valence electrons. The molecule has 0 heterocycles. The van der Waals surface area contributed by atoms with E-state index in [-0.39, 0.29) is 22.1 Å². The van der Waals surface area contributed by atoms with E-state index in [2.05, 4.69) is 0 Å². The Morgan fingerprint density at radius 3 is 2.48 bits per heavy atom. The molecule has 3 nitrogen and oxygen atoms in total. The van der Waals surface area contributed by atoms with Crippen LogP contribution >= 0.6 is 23.2 Å². The second kappa shape index (κ2) is 7.86. The SMILES string of the molecule is COc1ccc(/C=C/C=C/C(=O)c2cc(Cl)cc(Cl)c2O)cc1. The minimum atomic E-state index is -0.383. The Morgan fingerprint density at radius 2 is 1.83 bits per heavy atom. The minimum absolute atomic E-state index is 0.0445. The number of aromatic hydroxyl groups is 1. The van der Waals surface area contributed by atoms with Crippen LogP contribution in [0.25, 0.3) is 6.08 Å². The highest BCUT2D eigenvalue weighted by atomic mass is 35.5. The molecule has 0 radical (unpaired) electrons. The third kappa shape index (κ3) is 4.62. The second-order valence-electron chi connectivity index (χ2n) is 4.64. The van der Waals surface area contributed by atoms with Gasteiger partial charge in [-0.15, -0.1) is 0 Å². The van der Waals surface area contributed by atoms with Crippen molar-refractivity contribution in [1.82, 2.24) is 0 Å². The summed E-state index contributed by atoms with van der Waals surface area (Å²) < 4.78 is 5.08. The molecule has 0 fully saturated rings. The van der Waals surface area contributed by atoms with Gasteiger partial charge in [-0.2, -0.15) is 0 Å². The zero-order chi connectivity index (χ0) is 16.8. The molecule has 5 heteroatoms. The first-order chi connectivity index (χ1) is 11.0. The van der Waals surface area contributed by atoms with Gasteiger partial charge in [-0.25, -0.2) is 0 Å². The predicted octanol–water partition coefficient (Wildman–Crippen LogP) is 5.16. The summed E-state index contributed by atoms with van der Waals surface area (Å²) >= 11 is 11.6. The van der Waals surface area contributed by atoms with Crippen LogP contribution in [0.4, 0.5) is 0 Å². The van der Waals surface area contributed by atoms with Crippen molar-refractivity contribution in [3.8, 4) is 11.5 Å². The molecule has 0 saturated carbocycles. The topological polar surface area (TPSA) is 46.5 Å². The third-order valence-electron chi connectivity index (χ3n) is 3.06. The summed E-state index contributed by atoms with van der Waals surface area (Å²) in [6.45, 7) is 0. The Hall–Kier alpha value is -2.23. The number of allylic oxidation sites excluding steroid dienone is 3. The van der Waals surface area contributed by atoms with E-state index in [4.69, 9.17) is 27.9 Å². The molecule has 0 atom stereocenters. The maximum Gasteiger partial charge on any atom is 0.189 e. The van der Waals surface area contributed by atoms with Gasteiger partial charge in [0.05, 0.1) is 17.7 Å². The van der Waals surface area contributed by atoms with Crippen molar-refractivity contribution in [2.24, 2.45) is 0 Å². The van der Waals surface area contributed by atoms with Crippen LogP contribution < -0.4 is 4.74 Å². The molecule has 0 amide bonds. The molecule has 0 spiro atoms.